The van der Waals surface area contributed by atoms with Gasteiger partial charge in [0.2, 0.25) is 0 Å². The van der Waals surface area contributed by atoms with Crippen molar-refractivity contribution in [3.05, 3.63) is 30.3 Å². The van der Waals surface area contributed by atoms with E-state index in [2.05, 4.69) is 5.43 Å². The van der Waals surface area contributed by atoms with E-state index in [1.165, 1.54) is 0 Å². The van der Waals surface area contributed by atoms with E-state index in [9.17, 15) is 10.2 Å². The summed E-state index contributed by atoms with van der Waals surface area (Å²) in [7, 11) is 3.75. The van der Waals surface area contributed by atoms with E-state index in [0.29, 0.717) is 5.39 Å². The zero-order valence-corrected chi connectivity index (χ0v) is 9.23. The lowest BCUT2D eigenvalue weighted by molar-refractivity contribution is 0.474. The van der Waals surface area contributed by atoms with Crippen LogP contribution in [0.3, 0.4) is 0 Å². The van der Waals surface area contributed by atoms with Crippen molar-refractivity contribution >= 4 is 16.5 Å². The number of nitrogens with one attached hydrogen (secondary N) is 1. The molecule has 0 fully saturated rings. The fourth-order valence-corrected chi connectivity index (χ4v) is 1.66. The second-order valence-corrected chi connectivity index (χ2v) is 3.87. The van der Waals surface area contributed by atoms with E-state index in [4.69, 9.17) is 0 Å². The van der Waals surface area contributed by atoms with Crippen LogP contribution in [0.15, 0.2) is 30.3 Å². The highest BCUT2D eigenvalue weighted by Crippen LogP contribution is 2.33. The lowest BCUT2D eigenvalue weighted by Crippen LogP contribution is -2.19. The molecule has 2 rings (SSSR count). The number of phenolic OH excluding ortho intramolecular Hbond substituents is 2. The van der Waals surface area contributed by atoms with Gasteiger partial charge in [0, 0.05) is 24.9 Å². The number of aromatic hydroxyl groups is 2. The molecule has 2 aromatic carbocycles. The van der Waals surface area contributed by atoms with Gasteiger partial charge in [0.25, 0.3) is 0 Å². The van der Waals surface area contributed by atoms with Gasteiger partial charge >= 0.3 is 0 Å². The number of hydrogen-bond acceptors (Lipinski definition) is 4. The van der Waals surface area contributed by atoms with E-state index in [0.717, 1.165) is 11.1 Å². The molecule has 0 aliphatic rings. The van der Waals surface area contributed by atoms with Gasteiger partial charge in [-0.25, -0.2) is 5.01 Å². The van der Waals surface area contributed by atoms with Crippen LogP contribution in [0.1, 0.15) is 0 Å². The zero-order chi connectivity index (χ0) is 11.7. The third-order valence-corrected chi connectivity index (χ3v) is 2.32. The van der Waals surface area contributed by atoms with E-state index in [-0.39, 0.29) is 11.5 Å². The van der Waals surface area contributed by atoms with Gasteiger partial charge in [-0.05, 0) is 30.3 Å². The SMILES string of the molecule is CN(C)Nc1ccc(O)c2ccc(O)cc12. The molecule has 0 aliphatic heterocycles. The van der Waals surface area contributed by atoms with E-state index in [1.54, 1.807) is 35.3 Å². The molecule has 4 heteroatoms. The first-order chi connectivity index (χ1) is 7.58. The predicted octanol–water partition coefficient (Wildman–Crippen LogP) is 2.14. The van der Waals surface area contributed by atoms with Crippen molar-refractivity contribution in [2.45, 2.75) is 0 Å². The molecule has 0 amide bonds. The Morgan fingerprint density at radius 3 is 2.44 bits per heavy atom. The lowest BCUT2D eigenvalue weighted by atomic mass is 10.1. The largest absolute Gasteiger partial charge is 0.508 e. The Labute approximate surface area is 93.7 Å². The number of hydrogen-bond donors (Lipinski definition) is 3. The van der Waals surface area contributed by atoms with Crippen molar-refractivity contribution in [2.75, 3.05) is 19.5 Å². The molecule has 0 spiro atoms. The molecule has 0 aliphatic carbocycles. The van der Waals surface area contributed by atoms with E-state index >= 15 is 0 Å². The summed E-state index contributed by atoms with van der Waals surface area (Å²) in [4.78, 5) is 0. The number of nitrogens with zero attached hydrogens (tertiary/aromatic N) is 1. The predicted molar refractivity (Wildman–Crippen MR) is 64.6 cm³/mol. The smallest absolute Gasteiger partial charge is 0.123 e. The molecule has 0 saturated heterocycles. The number of anilines is 1. The number of rotatable bonds is 2. The minimum Gasteiger partial charge on any atom is -0.508 e. The Morgan fingerprint density at radius 2 is 1.75 bits per heavy atom. The minimum atomic E-state index is 0.180. The van der Waals surface area contributed by atoms with Crippen molar-refractivity contribution in [3.63, 3.8) is 0 Å². The summed E-state index contributed by atoms with van der Waals surface area (Å²) < 4.78 is 0. The first kappa shape index (κ1) is 10.6. The number of phenols is 2. The lowest BCUT2D eigenvalue weighted by Gasteiger charge is -2.16. The van der Waals surface area contributed by atoms with Crippen LogP contribution >= 0.6 is 0 Å². The van der Waals surface area contributed by atoms with Crippen LogP contribution in [-0.2, 0) is 0 Å². The maximum Gasteiger partial charge on any atom is 0.123 e. The molecule has 0 atom stereocenters. The third-order valence-electron chi connectivity index (χ3n) is 2.32. The molecule has 16 heavy (non-hydrogen) atoms. The van der Waals surface area contributed by atoms with Crippen LogP contribution in [0.5, 0.6) is 11.5 Å². The van der Waals surface area contributed by atoms with Crippen LogP contribution < -0.4 is 5.43 Å². The molecule has 0 bridgehead atoms. The fraction of sp³-hybridized carbons (Fsp3) is 0.167. The standard InChI is InChI=1S/C12H14N2O2/c1-14(2)13-11-5-6-12(16)9-4-3-8(15)7-10(9)11/h3-7,13,15-16H,1-2H3. The number of hydrazine groups is 1. The molecule has 4 nitrogen and oxygen atoms in total. The zero-order valence-electron chi connectivity index (χ0n) is 9.23. The number of benzene rings is 2. The van der Waals surface area contributed by atoms with Gasteiger partial charge < -0.3 is 15.6 Å². The van der Waals surface area contributed by atoms with Gasteiger partial charge in [-0.15, -0.1) is 0 Å². The van der Waals surface area contributed by atoms with Crippen molar-refractivity contribution in [2.24, 2.45) is 0 Å². The highest BCUT2D eigenvalue weighted by atomic mass is 16.3. The summed E-state index contributed by atoms with van der Waals surface area (Å²) in [5.41, 5.74) is 3.95. The van der Waals surface area contributed by atoms with Gasteiger partial charge in [0.15, 0.2) is 0 Å². The van der Waals surface area contributed by atoms with Crippen molar-refractivity contribution in [1.29, 1.82) is 0 Å². The molecular weight excluding hydrogens is 204 g/mol. The maximum absolute atomic E-state index is 9.70. The monoisotopic (exact) mass is 218 g/mol. The molecule has 0 radical (unpaired) electrons. The summed E-state index contributed by atoms with van der Waals surface area (Å²) in [5, 5.41) is 22.5. The van der Waals surface area contributed by atoms with Gasteiger partial charge in [0.1, 0.15) is 11.5 Å². The van der Waals surface area contributed by atoms with Gasteiger partial charge in [0.05, 0.1) is 5.69 Å². The molecule has 3 N–H and O–H groups in total. The fourth-order valence-electron chi connectivity index (χ4n) is 1.66. The van der Waals surface area contributed by atoms with Crippen LogP contribution in [0.4, 0.5) is 5.69 Å². The second kappa shape index (κ2) is 3.90. The third kappa shape index (κ3) is 1.87. The Morgan fingerprint density at radius 1 is 1.00 bits per heavy atom. The quantitative estimate of drug-likeness (QED) is 0.534. The summed E-state index contributed by atoms with van der Waals surface area (Å²) in [6, 6.07) is 8.28. The van der Waals surface area contributed by atoms with Crippen molar-refractivity contribution in [1.82, 2.24) is 5.01 Å². The summed E-state index contributed by atoms with van der Waals surface area (Å²) in [6.45, 7) is 0. The van der Waals surface area contributed by atoms with Crippen LogP contribution in [0, 0.1) is 0 Å². The summed E-state index contributed by atoms with van der Waals surface area (Å²) in [5.74, 6) is 0.388. The Kier molecular flexibility index (Phi) is 2.58. The number of fused-ring (bicyclic) bond motifs is 1. The molecule has 0 heterocycles. The molecular formula is C12H14N2O2. The van der Waals surface area contributed by atoms with Crippen LogP contribution in [0.25, 0.3) is 10.8 Å². The normalized spacial score (nSPS) is 10.9. The summed E-state index contributed by atoms with van der Waals surface area (Å²) >= 11 is 0. The second-order valence-electron chi connectivity index (χ2n) is 3.87. The van der Waals surface area contributed by atoms with E-state index < -0.39 is 0 Å². The average Bonchev–Trinajstić information content (AvgIpc) is 2.22. The van der Waals surface area contributed by atoms with Gasteiger partial charge in [-0.2, -0.15) is 0 Å². The Balaban J connectivity index is 2.65. The molecule has 0 unspecified atom stereocenters. The maximum atomic E-state index is 9.70. The highest BCUT2D eigenvalue weighted by Gasteiger charge is 2.06. The van der Waals surface area contributed by atoms with Crippen LogP contribution in [0.2, 0.25) is 0 Å². The van der Waals surface area contributed by atoms with E-state index in [1.807, 2.05) is 14.1 Å². The average molecular weight is 218 g/mol. The molecule has 84 valence electrons. The first-order valence-corrected chi connectivity index (χ1v) is 4.96. The molecule has 0 aromatic heterocycles. The minimum absolute atomic E-state index is 0.180. The highest BCUT2D eigenvalue weighted by molar-refractivity contribution is 5.98. The van der Waals surface area contributed by atoms with Crippen LogP contribution in [-0.4, -0.2) is 29.3 Å². The molecule has 2 aromatic rings. The molecule has 0 saturated carbocycles. The first-order valence-electron chi connectivity index (χ1n) is 4.96. The van der Waals surface area contributed by atoms with Gasteiger partial charge in [-0.1, -0.05) is 0 Å². The van der Waals surface area contributed by atoms with Gasteiger partial charge in [-0.3, -0.25) is 0 Å². The van der Waals surface area contributed by atoms with Crippen molar-refractivity contribution < 1.29 is 10.2 Å². The Hall–Kier alpha value is -1.94. The Bertz CT molecular complexity index is 524. The topological polar surface area (TPSA) is 55.7 Å². The van der Waals surface area contributed by atoms with Crippen molar-refractivity contribution in [3.8, 4) is 11.5 Å². The summed E-state index contributed by atoms with van der Waals surface area (Å²) in [6.07, 6.45) is 0.